The number of methoxy groups -OCH3 is 2. The summed E-state index contributed by atoms with van der Waals surface area (Å²) in [6.07, 6.45) is 14.7. The van der Waals surface area contributed by atoms with Crippen LogP contribution in [0.3, 0.4) is 0 Å². The minimum atomic E-state index is -0.140. The Labute approximate surface area is 336 Å². The summed E-state index contributed by atoms with van der Waals surface area (Å²) in [7, 11) is 2.87. The number of aryl methyl sites for hydroxylation is 2. The van der Waals surface area contributed by atoms with Crippen LogP contribution in [0.15, 0.2) is 48.5 Å². The maximum Gasteiger partial charge on any atom is 0.306 e. The predicted molar refractivity (Wildman–Crippen MR) is 211 cm³/mol. The Morgan fingerprint density at radius 2 is 0.944 bits per heavy atom. The van der Waals surface area contributed by atoms with Crippen molar-refractivity contribution in [2.45, 2.75) is 129 Å². The molecule has 0 aliphatic rings. The maximum atomic E-state index is 11.4. The van der Waals surface area contributed by atoms with E-state index in [9.17, 15) is 19.2 Å². The second-order valence-corrected chi connectivity index (χ2v) is 12.9. The van der Waals surface area contributed by atoms with Crippen molar-refractivity contribution in [3.63, 3.8) is 0 Å². The van der Waals surface area contributed by atoms with Gasteiger partial charge in [0, 0.05) is 38.1 Å². The first-order valence-electron chi connectivity index (χ1n) is 19.4. The zero-order valence-electron chi connectivity index (χ0n) is 33.4. The number of carbonyl (C=O) groups excluding carboxylic acids is 4. The molecule has 10 nitrogen and oxygen atoms in total. The van der Waals surface area contributed by atoms with Gasteiger partial charge in [-0.3, -0.25) is 19.2 Å². The first-order valence-corrected chi connectivity index (χ1v) is 19.9. The molecule has 2 aromatic rings. The van der Waals surface area contributed by atoms with Gasteiger partial charge in [-0.2, -0.15) is 0 Å². The van der Waals surface area contributed by atoms with Crippen molar-refractivity contribution in [1.82, 2.24) is 5.32 Å². The largest absolute Gasteiger partial charge is 1.00 e. The first kappa shape index (κ1) is 52.9. The van der Waals surface area contributed by atoms with E-state index in [1.807, 2.05) is 38.1 Å². The molecule has 0 amide bonds. The highest BCUT2D eigenvalue weighted by molar-refractivity contribution is 6.17. The van der Waals surface area contributed by atoms with E-state index in [0.717, 1.165) is 87.7 Å². The van der Waals surface area contributed by atoms with Gasteiger partial charge in [-0.05, 0) is 87.6 Å². The van der Waals surface area contributed by atoms with E-state index in [1.54, 1.807) is 0 Å². The van der Waals surface area contributed by atoms with Crippen molar-refractivity contribution in [2.75, 3.05) is 40.5 Å². The Hall–Kier alpha value is -3.18. The highest BCUT2D eigenvalue weighted by Crippen LogP contribution is 2.10. The normalized spacial score (nSPS) is 10.0. The molecule has 0 aliphatic carbocycles. The minimum absolute atomic E-state index is 0. The number of hydrogen-bond donors (Lipinski definition) is 2. The fourth-order valence-corrected chi connectivity index (χ4v) is 5.22. The number of benzene rings is 2. The summed E-state index contributed by atoms with van der Waals surface area (Å²) in [5.74, 6) is 0.0474. The molecule has 0 unspecified atom stereocenters. The monoisotopic (exact) mass is 798 g/mol. The molecule has 308 valence electrons. The van der Waals surface area contributed by atoms with Gasteiger partial charge in [-0.15, -0.1) is 11.6 Å². The van der Waals surface area contributed by atoms with Gasteiger partial charge in [0.15, 0.2) is 0 Å². The van der Waals surface area contributed by atoms with Crippen molar-refractivity contribution >= 4 is 35.5 Å². The summed E-state index contributed by atoms with van der Waals surface area (Å²) in [4.78, 5) is 44.1. The predicted octanol–water partition coefficient (Wildman–Crippen LogP) is 4.45. The van der Waals surface area contributed by atoms with Crippen molar-refractivity contribution < 1.29 is 56.3 Å². The van der Waals surface area contributed by atoms with Crippen LogP contribution in [-0.4, -0.2) is 64.4 Å². The van der Waals surface area contributed by atoms with Gasteiger partial charge in [0.2, 0.25) is 0 Å². The molecule has 2 aromatic carbocycles. The molecule has 0 aromatic heterocycles. The summed E-state index contributed by atoms with van der Waals surface area (Å²) in [5, 5.41) is 3.46. The number of ether oxygens (including phenoxy) is 4. The highest BCUT2D eigenvalue weighted by atomic mass is 35.5. The Balaban J connectivity index is 0. The number of nitrogens with one attached hydrogen (secondary N) is 1. The molecular formula is C42H68Cl2N2O8. The number of hydrogen-bond acceptors (Lipinski definition) is 9. The standard InChI is InChI=1S/C21H33NO4.C12H15ClO2.C9H19NO2.ClH/c1-3-26-21(24)15-14-18-10-12-19(13-11-18)17-22-16-8-6-4-5-7-9-20(23)25-2;1-2-15-12(14)8-7-10-3-5-11(9-13)6-4-10;1-12-9(11)7-5-3-2-4-6-8-10;/h10-13,22H,3-9,14-17H2,1-2H3;3-6H,2,7-9H2,1H3;2-8,10H2,1H3;1H. The van der Waals surface area contributed by atoms with Crippen LogP contribution in [0.1, 0.15) is 126 Å². The molecule has 0 aliphatic heterocycles. The smallest absolute Gasteiger partial charge is 0.306 e. The molecule has 0 atom stereocenters. The molecule has 2 rings (SSSR count). The number of alkyl halides is 1. The average molecular weight is 800 g/mol. The third-order valence-corrected chi connectivity index (χ3v) is 8.50. The lowest BCUT2D eigenvalue weighted by Gasteiger charge is -2.07. The third-order valence-electron chi connectivity index (χ3n) is 8.20. The van der Waals surface area contributed by atoms with Crippen LogP contribution in [-0.2, 0) is 63.4 Å². The molecule has 12 heteroatoms. The number of unbranched alkanes of at least 4 members (excludes halogenated alkanes) is 8. The van der Waals surface area contributed by atoms with Crippen LogP contribution in [0.5, 0.6) is 0 Å². The summed E-state index contributed by atoms with van der Waals surface area (Å²) < 4.78 is 18.9. The molecule has 0 bridgehead atoms. The number of rotatable bonds is 26. The fraction of sp³-hybridized carbons (Fsp3) is 0.619. The minimum Gasteiger partial charge on any atom is -1.00 e. The molecular weight excluding hydrogens is 731 g/mol. The van der Waals surface area contributed by atoms with Gasteiger partial charge in [-0.25, -0.2) is 0 Å². The topological polar surface area (TPSA) is 145 Å². The second-order valence-electron chi connectivity index (χ2n) is 12.6. The van der Waals surface area contributed by atoms with E-state index in [4.69, 9.17) is 21.1 Å². The van der Waals surface area contributed by atoms with Gasteiger partial charge in [-0.1, -0.05) is 80.6 Å². The van der Waals surface area contributed by atoms with Crippen molar-refractivity contribution in [2.24, 2.45) is 0 Å². The van der Waals surface area contributed by atoms with E-state index in [1.165, 1.54) is 45.5 Å². The molecule has 0 saturated heterocycles. The van der Waals surface area contributed by atoms with E-state index in [2.05, 4.69) is 44.8 Å². The van der Waals surface area contributed by atoms with E-state index >= 15 is 0 Å². The van der Waals surface area contributed by atoms with E-state index < -0.39 is 0 Å². The Morgan fingerprint density at radius 3 is 1.35 bits per heavy atom. The van der Waals surface area contributed by atoms with E-state index in [0.29, 0.717) is 44.8 Å². The maximum absolute atomic E-state index is 11.4. The quantitative estimate of drug-likeness (QED) is 0.0611. The zero-order chi connectivity index (χ0) is 39.4. The lowest BCUT2D eigenvalue weighted by Crippen LogP contribution is -3.00. The van der Waals surface area contributed by atoms with Crippen LogP contribution in [0.4, 0.5) is 0 Å². The summed E-state index contributed by atoms with van der Waals surface area (Å²) >= 11 is 5.67. The van der Waals surface area contributed by atoms with Crippen LogP contribution in [0.2, 0.25) is 0 Å². The van der Waals surface area contributed by atoms with Crippen LogP contribution in [0, 0.1) is 0 Å². The van der Waals surface area contributed by atoms with Crippen LogP contribution < -0.4 is 23.5 Å². The fourth-order valence-electron chi connectivity index (χ4n) is 5.04. The molecule has 0 spiro atoms. The molecule has 0 saturated carbocycles. The molecule has 0 radical (unpaired) electrons. The van der Waals surface area contributed by atoms with Crippen molar-refractivity contribution in [3.05, 3.63) is 70.8 Å². The van der Waals surface area contributed by atoms with Crippen molar-refractivity contribution in [3.8, 4) is 0 Å². The third kappa shape index (κ3) is 32.3. The second kappa shape index (κ2) is 38.1. The lowest BCUT2D eigenvalue weighted by atomic mass is 10.1. The average Bonchev–Trinajstić information content (AvgIpc) is 3.18. The number of halogens is 2. The zero-order valence-corrected chi connectivity index (χ0v) is 34.9. The Bertz CT molecular complexity index is 1210. The first-order chi connectivity index (χ1) is 25.7. The molecule has 0 heterocycles. The van der Waals surface area contributed by atoms with Gasteiger partial charge >= 0.3 is 23.9 Å². The molecule has 0 fully saturated rings. The molecule has 54 heavy (non-hydrogen) atoms. The number of esters is 4. The highest BCUT2D eigenvalue weighted by Gasteiger charge is 2.04. The Morgan fingerprint density at radius 1 is 0.556 bits per heavy atom. The van der Waals surface area contributed by atoms with Gasteiger partial charge in [0.1, 0.15) is 0 Å². The Kier molecular flexibility index (Phi) is 37.3. The van der Waals surface area contributed by atoms with Crippen LogP contribution >= 0.6 is 11.6 Å². The van der Waals surface area contributed by atoms with Gasteiger partial charge < -0.3 is 42.4 Å². The number of carbonyl (C=O) groups is 4. The summed E-state index contributed by atoms with van der Waals surface area (Å²) in [5.41, 5.74) is 8.41. The summed E-state index contributed by atoms with van der Waals surface area (Å²) in [6.45, 7) is 7.41. The summed E-state index contributed by atoms with van der Waals surface area (Å²) in [6, 6.07) is 16.3. The van der Waals surface area contributed by atoms with Crippen LogP contribution in [0.25, 0.3) is 0 Å². The van der Waals surface area contributed by atoms with Crippen molar-refractivity contribution in [1.29, 1.82) is 0 Å². The van der Waals surface area contributed by atoms with E-state index in [-0.39, 0.29) is 36.3 Å². The number of quaternary nitrogens is 1. The lowest BCUT2D eigenvalue weighted by molar-refractivity contribution is -0.368. The molecule has 4 N–H and O–H groups in total. The SMILES string of the molecule is CCOC(=O)CCc1ccc(CCl)cc1.CCOC(=O)CCc1ccc(CNCCCCCCCC(=O)OC)cc1.COC(=O)CCCCCCC[NH3+].[Cl-]. The van der Waals surface area contributed by atoms with Gasteiger partial charge in [0.25, 0.3) is 0 Å². The van der Waals surface area contributed by atoms with Gasteiger partial charge in [0.05, 0.1) is 34.0 Å².